The molecule has 1 aromatic carbocycles. The molecule has 2 aromatic rings. The van der Waals surface area contributed by atoms with Crippen molar-refractivity contribution in [3.8, 4) is 0 Å². The predicted octanol–water partition coefficient (Wildman–Crippen LogP) is 0.724. The summed E-state index contributed by atoms with van der Waals surface area (Å²) in [4.78, 5) is 32.4. The maximum absolute atomic E-state index is 12.8. The van der Waals surface area contributed by atoms with Crippen LogP contribution in [-0.2, 0) is 4.79 Å². The largest absolute Gasteiger partial charge is 0.369 e. The lowest BCUT2D eigenvalue weighted by Gasteiger charge is -2.22. The number of fused-ring (bicyclic) bond motifs is 1. The normalized spacial score (nSPS) is 19.5. The first-order valence-corrected chi connectivity index (χ1v) is 7.66. The third-order valence-corrected chi connectivity index (χ3v) is 4.25. The first kappa shape index (κ1) is 15.4. The van der Waals surface area contributed by atoms with Crippen molar-refractivity contribution in [2.24, 2.45) is 11.7 Å². The highest BCUT2D eigenvalue weighted by molar-refractivity contribution is 5.97. The number of aromatic nitrogens is 1. The number of carbonyl (C=O) groups is 2. The summed E-state index contributed by atoms with van der Waals surface area (Å²) in [6.07, 6.45) is 1.60. The van der Waals surface area contributed by atoms with E-state index in [0.29, 0.717) is 25.2 Å². The lowest BCUT2D eigenvalue weighted by atomic mass is 10.1. The number of para-hydroxylation sites is 1. The number of rotatable bonds is 2. The molecule has 1 atom stereocenters. The van der Waals surface area contributed by atoms with Crippen LogP contribution >= 0.6 is 0 Å². The molecule has 1 saturated heterocycles. The molecule has 0 aliphatic carbocycles. The minimum Gasteiger partial charge on any atom is -0.369 e. The molecule has 6 heteroatoms. The van der Waals surface area contributed by atoms with Crippen molar-refractivity contribution in [2.45, 2.75) is 0 Å². The molecule has 0 saturated carbocycles. The van der Waals surface area contributed by atoms with Crippen molar-refractivity contribution in [3.63, 3.8) is 0 Å². The molecule has 0 radical (unpaired) electrons. The van der Waals surface area contributed by atoms with Gasteiger partial charge in [0.2, 0.25) is 5.91 Å². The third kappa shape index (κ3) is 3.32. The quantitative estimate of drug-likeness (QED) is 0.886. The van der Waals surface area contributed by atoms with Gasteiger partial charge >= 0.3 is 0 Å². The van der Waals surface area contributed by atoms with Gasteiger partial charge in [0.05, 0.1) is 17.0 Å². The predicted molar refractivity (Wildman–Crippen MR) is 87.8 cm³/mol. The van der Waals surface area contributed by atoms with Gasteiger partial charge in [-0.05, 0) is 19.2 Å². The zero-order valence-corrected chi connectivity index (χ0v) is 13.1. The molecular formula is C17H20N4O2. The summed E-state index contributed by atoms with van der Waals surface area (Å²) in [6, 6.07) is 9.52. The van der Waals surface area contributed by atoms with Crippen molar-refractivity contribution < 1.29 is 9.59 Å². The molecule has 6 nitrogen and oxygen atoms in total. The Kier molecular flexibility index (Phi) is 4.25. The average molecular weight is 312 g/mol. The van der Waals surface area contributed by atoms with Crippen LogP contribution in [0, 0.1) is 5.92 Å². The van der Waals surface area contributed by atoms with E-state index in [2.05, 4.69) is 4.98 Å². The summed E-state index contributed by atoms with van der Waals surface area (Å²) in [7, 11) is 1.93. The number of nitrogens with zero attached hydrogens (tertiary/aromatic N) is 3. The molecule has 3 rings (SSSR count). The molecule has 0 bridgehead atoms. The summed E-state index contributed by atoms with van der Waals surface area (Å²) in [5.74, 6) is -0.821. The number of hydrogen-bond donors (Lipinski definition) is 1. The van der Waals surface area contributed by atoms with Gasteiger partial charge in [0.25, 0.3) is 5.91 Å². The van der Waals surface area contributed by atoms with Gasteiger partial charge in [-0.15, -0.1) is 0 Å². The number of primary amides is 1. The summed E-state index contributed by atoms with van der Waals surface area (Å²) in [5, 5.41) is 0.928. The van der Waals surface area contributed by atoms with Gasteiger partial charge in [0.1, 0.15) is 0 Å². The Hall–Kier alpha value is -2.47. The van der Waals surface area contributed by atoms with Crippen molar-refractivity contribution in [1.82, 2.24) is 14.8 Å². The van der Waals surface area contributed by atoms with Crippen LogP contribution < -0.4 is 5.73 Å². The third-order valence-electron chi connectivity index (χ3n) is 4.25. The second kappa shape index (κ2) is 6.34. The second-order valence-electron chi connectivity index (χ2n) is 6.03. The Morgan fingerprint density at radius 2 is 2.00 bits per heavy atom. The fourth-order valence-electron chi connectivity index (χ4n) is 2.91. The van der Waals surface area contributed by atoms with E-state index in [1.807, 2.05) is 42.3 Å². The number of amides is 2. The van der Waals surface area contributed by atoms with Crippen LogP contribution in [0.1, 0.15) is 10.4 Å². The Bertz CT molecular complexity index is 746. The van der Waals surface area contributed by atoms with Crippen molar-refractivity contribution >= 4 is 22.7 Å². The van der Waals surface area contributed by atoms with Crippen LogP contribution in [0.25, 0.3) is 10.9 Å². The van der Waals surface area contributed by atoms with Gasteiger partial charge in [0, 0.05) is 37.8 Å². The highest BCUT2D eigenvalue weighted by Crippen LogP contribution is 2.16. The van der Waals surface area contributed by atoms with Crippen molar-refractivity contribution in [1.29, 1.82) is 0 Å². The number of nitrogens with two attached hydrogens (primary N) is 1. The van der Waals surface area contributed by atoms with E-state index in [0.717, 1.165) is 17.4 Å². The highest BCUT2D eigenvalue weighted by atomic mass is 16.2. The van der Waals surface area contributed by atoms with Crippen molar-refractivity contribution in [3.05, 3.63) is 42.1 Å². The Morgan fingerprint density at radius 3 is 2.78 bits per heavy atom. The van der Waals surface area contributed by atoms with Crippen LogP contribution in [0.5, 0.6) is 0 Å². The second-order valence-corrected chi connectivity index (χ2v) is 6.03. The Balaban J connectivity index is 1.86. The standard InChI is InChI=1S/C17H20N4O2/c1-20-6-7-21(11-14(10-20)16(18)22)17(23)13-8-12-4-2-3-5-15(12)19-9-13/h2-5,8-9,14H,6-7,10-11H2,1H3,(H2,18,22). The monoisotopic (exact) mass is 312 g/mol. The fourth-order valence-corrected chi connectivity index (χ4v) is 2.91. The molecule has 1 aromatic heterocycles. The maximum atomic E-state index is 12.8. The Labute approximate surface area is 134 Å². The highest BCUT2D eigenvalue weighted by Gasteiger charge is 2.28. The summed E-state index contributed by atoms with van der Waals surface area (Å²) in [6.45, 7) is 2.23. The number of hydrogen-bond acceptors (Lipinski definition) is 4. The SMILES string of the molecule is CN1CCN(C(=O)c2cnc3ccccc3c2)CC(C(N)=O)C1. The minimum absolute atomic E-state index is 0.107. The van der Waals surface area contributed by atoms with E-state index < -0.39 is 0 Å². The van der Waals surface area contributed by atoms with Crippen LogP contribution in [0.4, 0.5) is 0 Å². The lowest BCUT2D eigenvalue weighted by molar-refractivity contribution is -0.122. The number of benzene rings is 1. The minimum atomic E-state index is -0.367. The van der Waals surface area contributed by atoms with E-state index in [-0.39, 0.29) is 17.7 Å². The van der Waals surface area contributed by atoms with Crippen molar-refractivity contribution in [2.75, 3.05) is 33.2 Å². The van der Waals surface area contributed by atoms with Crippen LogP contribution in [0.3, 0.4) is 0 Å². The maximum Gasteiger partial charge on any atom is 0.255 e. The smallest absolute Gasteiger partial charge is 0.255 e. The van der Waals surface area contributed by atoms with Gasteiger partial charge in [-0.25, -0.2) is 0 Å². The molecular weight excluding hydrogens is 292 g/mol. The average Bonchev–Trinajstić information content (AvgIpc) is 2.76. The van der Waals surface area contributed by atoms with Crippen LogP contribution in [0.2, 0.25) is 0 Å². The topological polar surface area (TPSA) is 79.5 Å². The van der Waals surface area contributed by atoms with Crippen LogP contribution in [-0.4, -0.2) is 59.8 Å². The number of pyridine rings is 1. The van der Waals surface area contributed by atoms with Gasteiger partial charge in [0.15, 0.2) is 0 Å². The molecule has 2 amide bonds. The molecule has 120 valence electrons. The zero-order chi connectivity index (χ0) is 16.4. The molecule has 2 N–H and O–H groups in total. The molecule has 1 fully saturated rings. The van der Waals surface area contributed by atoms with E-state index in [1.165, 1.54) is 0 Å². The Morgan fingerprint density at radius 1 is 1.22 bits per heavy atom. The van der Waals surface area contributed by atoms with Gasteiger partial charge in [-0.3, -0.25) is 14.6 Å². The first-order chi connectivity index (χ1) is 11.0. The molecule has 1 unspecified atom stereocenters. The number of carbonyl (C=O) groups excluding carboxylic acids is 2. The fraction of sp³-hybridized carbons (Fsp3) is 0.353. The lowest BCUT2D eigenvalue weighted by Crippen LogP contribution is -2.40. The zero-order valence-electron chi connectivity index (χ0n) is 13.1. The van der Waals surface area contributed by atoms with Crippen LogP contribution in [0.15, 0.2) is 36.5 Å². The molecule has 0 spiro atoms. The van der Waals surface area contributed by atoms with Gasteiger partial charge < -0.3 is 15.5 Å². The summed E-state index contributed by atoms with van der Waals surface area (Å²) in [5.41, 5.74) is 6.85. The van der Waals surface area contributed by atoms with E-state index >= 15 is 0 Å². The van der Waals surface area contributed by atoms with Gasteiger partial charge in [-0.1, -0.05) is 18.2 Å². The van der Waals surface area contributed by atoms with E-state index in [4.69, 9.17) is 5.73 Å². The van der Waals surface area contributed by atoms with Gasteiger partial charge in [-0.2, -0.15) is 0 Å². The molecule has 1 aliphatic heterocycles. The van der Waals surface area contributed by atoms with E-state index in [1.54, 1.807) is 11.1 Å². The molecule has 1 aliphatic rings. The summed E-state index contributed by atoms with van der Waals surface area (Å²) >= 11 is 0. The summed E-state index contributed by atoms with van der Waals surface area (Å²) < 4.78 is 0. The molecule has 2 heterocycles. The number of likely N-dealkylation sites (N-methyl/N-ethyl adjacent to an activating group) is 1. The van der Waals surface area contributed by atoms with E-state index in [9.17, 15) is 9.59 Å². The molecule has 23 heavy (non-hydrogen) atoms. The first-order valence-electron chi connectivity index (χ1n) is 7.66.